The molecule has 0 saturated heterocycles. The Labute approximate surface area is 154 Å². The number of amides is 2. The Bertz CT molecular complexity index is 679. The summed E-state index contributed by atoms with van der Waals surface area (Å²) in [6.45, 7) is 2.17. The number of benzene rings is 1. The largest absolute Gasteiger partial charge is 0.422 e. The van der Waals surface area contributed by atoms with Gasteiger partial charge in [-0.1, -0.05) is 30.3 Å². The van der Waals surface area contributed by atoms with Crippen molar-refractivity contribution < 1.29 is 22.2 Å². The van der Waals surface area contributed by atoms with E-state index in [1.54, 1.807) is 0 Å². The lowest BCUT2D eigenvalue weighted by atomic mass is 10.1. The monoisotopic (exact) mass is 385 g/mol. The van der Waals surface area contributed by atoms with E-state index in [9.17, 15) is 18.0 Å². The second kappa shape index (κ2) is 10.8. The lowest BCUT2D eigenvalue weighted by molar-refractivity contribution is -0.123. The number of carbonyl (C=O) groups is 2. The molecule has 146 valence electrons. The Hall–Kier alpha value is -2.13. The average Bonchev–Trinajstić information content (AvgIpc) is 2.53. The highest BCUT2D eigenvalue weighted by Crippen LogP contribution is 2.04. The van der Waals surface area contributed by atoms with Gasteiger partial charge in [0.05, 0.1) is 12.3 Å². The van der Waals surface area contributed by atoms with Crippen LogP contribution in [-0.2, 0) is 25.5 Å². The molecule has 0 aliphatic heterocycles. The highest BCUT2D eigenvalue weighted by Gasteiger charge is 2.16. The van der Waals surface area contributed by atoms with Crippen molar-refractivity contribution in [2.45, 2.75) is 44.7 Å². The fourth-order valence-corrected chi connectivity index (χ4v) is 2.68. The van der Waals surface area contributed by atoms with Crippen LogP contribution in [0.2, 0.25) is 0 Å². The van der Waals surface area contributed by atoms with Gasteiger partial charge in [-0.2, -0.15) is 8.42 Å². The van der Waals surface area contributed by atoms with Crippen LogP contribution in [0.3, 0.4) is 0 Å². The number of hydrogen-bond acceptors (Lipinski definition) is 6. The molecule has 2 amide bonds. The molecule has 0 aliphatic carbocycles. The van der Waals surface area contributed by atoms with E-state index in [1.165, 1.54) is 0 Å². The smallest absolute Gasteiger partial charge is 0.352 e. The molecule has 0 radical (unpaired) electrons. The van der Waals surface area contributed by atoms with Crippen molar-refractivity contribution in [2.75, 3.05) is 12.8 Å². The zero-order valence-electron chi connectivity index (χ0n) is 15.1. The van der Waals surface area contributed by atoms with Crippen LogP contribution < -0.4 is 16.4 Å². The molecule has 9 heteroatoms. The maximum absolute atomic E-state index is 12.1. The van der Waals surface area contributed by atoms with Crippen molar-refractivity contribution in [3.05, 3.63) is 35.9 Å². The predicted octanol–water partition coefficient (Wildman–Crippen LogP) is 0.917. The van der Waals surface area contributed by atoms with Gasteiger partial charge in [0, 0.05) is 12.6 Å². The van der Waals surface area contributed by atoms with E-state index < -0.39 is 22.3 Å². The van der Waals surface area contributed by atoms with Gasteiger partial charge in [0.2, 0.25) is 5.91 Å². The minimum atomic E-state index is -3.81. The number of rotatable bonds is 10. The van der Waals surface area contributed by atoms with Gasteiger partial charge < -0.3 is 20.6 Å². The Kier molecular flexibility index (Phi) is 9.08. The number of nitrogens with one attached hydrogen (secondary N) is 2. The van der Waals surface area contributed by atoms with Crippen molar-refractivity contribution in [2.24, 2.45) is 5.73 Å². The molecule has 0 aromatic heterocycles. The van der Waals surface area contributed by atoms with Gasteiger partial charge >= 0.3 is 16.2 Å². The van der Waals surface area contributed by atoms with E-state index in [-0.39, 0.29) is 18.5 Å². The van der Waals surface area contributed by atoms with E-state index in [4.69, 9.17) is 5.73 Å². The third-order valence-electron chi connectivity index (χ3n) is 3.55. The summed E-state index contributed by atoms with van der Waals surface area (Å²) >= 11 is 0. The molecule has 0 heterocycles. The van der Waals surface area contributed by atoms with E-state index in [0.29, 0.717) is 19.3 Å². The SMILES string of the molecule is C[C@@H](Cc1ccccc1)NC(=O)[C@@H](N)CCCCNC(=O)OS(C)(=O)=O. The fourth-order valence-electron chi connectivity index (χ4n) is 2.35. The van der Waals surface area contributed by atoms with Crippen LogP contribution in [0.25, 0.3) is 0 Å². The molecule has 2 atom stereocenters. The summed E-state index contributed by atoms with van der Waals surface area (Å²) < 4.78 is 25.6. The van der Waals surface area contributed by atoms with Gasteiger partial charge in [0.1, 0.15) is 0 Å². The standard InChI is InChI=1S/C17H27N3O5S/c1-13(12-14-8-4-3-5-9-14)20-16(21)15(18)10-6-7-11-19-17(22)25-26(2,23)24/h3-5,8-9,13,15H,6-7,10-12,18H2,1-2H3,(H,19,22)(H,20,21)/t13-,15-/m0/s1. The molecule has 1 aromatic rings. The number of hydrogen-bond donors (Lipinski definition) is 3. The molecule has 4 N–H and O–H groups in total. The quantitative estimate of drug-likeness (QED) is 0.406. The van der Waals surface area contributed by atoms with Gasteiger partial charge in [0.25, 0.3) is 0 Å². The molecular formula is C17H27N3O5S. The highest BCUT2D eigenvalue weighted by molar-refractivity contribution is 7.86. The normalized spacial score (nSPS) is 13.5. The molecule has 0 unspecified atom stereocenters. The first-order valence-corrected chi connectivity index (χ1v) is 10.3. The molecule has 8 nitrogen and oxygen atoms in total. The second-order valence-electron chi connectivity index (χ2n) is 6.20. The molecule has 0 fully saturated rings. The molecule has 1 rings (SSSR count). The van der Waals surface area contributed by atoms with Crippen LogP contribution in [-0.4, -0.2) is 45.3 Å². The zero-order chi connectivity index (χ0) is 19.6. The van der Waals surface area contributed by atoms with Crippen LogP contribution in [0, 0.1) is 0 Å². The van der Waals surface area contributed by atoms with Crippen molar-refractivity contribution in [1.82, 2.24) is 10.6 Å². The summed E-state index contributed by atoms with van der Waals surface area (Å²) in [7, 11) is -3.81. The molecule has 0 saturated carbocycles. The van der Waals surface area contributed by atoms with E-state index in [2.05, 4.69) is 14.8 Å². The summed E-state index contributed by atoms with van der Waals surface area (Å²) in [4.78, 5) is 23.2. The van der Waals surface area contributed by atoms with Gasteiger partial charge in [-0.05, 0) is 38.2 Å². The maximum atomic E-state index is 12.1. The van der Waals surface area contributed by atoms with Gasteiger partial charge in [-0.15, -0.1) is 0 Å². The van der Waals surface area contributed by atoms with Crippen molar-refractivity contribution in [3.8, 4) is 0 Å². The topological polar surface area (TPSA) is 128 Å². The van der Waals surface area contributed by atoms with E-state index in [1.807, 2.05) is 37.3 Å². The lowest BCUT2D eigenvalue weighted by Crippen LogP contribution is -2.45. The summed E-state index contributed by atoms with van der Waals surface area (Å²) in [6, 6.07) is 9.21. The summed E-state index contributed by atoms with van der Waals surface area (Å²) in [6.07, 6.45) is 2.14. The van der Waals surface area contributed by atoms with Crippen LogP contribution in [0.4, 0.5) is 4.79 Å². The Morgan fingerprint density at radius 1 is 1.19 bits per heavy atom. The summed E-state index contributed by atoms with van der Waals surface area (Å²) in [5.74, 6) is -0.210. The molecular weight excluding hydrogens is 358 g/mol. The van der Waals surface area contributed by atoms with Gasteiger partial charge in [0.15, 0.2) is 0 Å². The van der Waals surface area contributed by atoms with Crippen molar-refractivity contribution in [3.63, 3.8) is 0 Å². The van der Waals surface area contributed by atoms with Crippen molar-refractivity contribution >= 4 is 22.1 Å². The molecule has 0 aliphatic rings. The summed E-state index contributed by atoms with van der Waals surface area (Å²) in [5, 5.41) is 5.21. The Morgan fingerprint density at radius 3 is 2.46 bits per heavy atom. The predicted molar refractivity (Wildman–Crippen MR) is 98.9 cm³/mol. The van der Waals surface area contributed by atoms with Crippen molar-refractivity contribution in [1.29, 1.82) is 0 Å². The first kappa shape index (κ1) is 21.9. The van der Waals surface area contributed by atoms with E-state index >= 15 is 0 Å². The fraction of sp³-hybridized carbons (Fsp3) is 0.529. The lowest BCUT2D eigenvalue weighted by Gasteiger charge is -2.17. The third-order valence-corrected chi connectivity index (χ3v) is 4.00. The molecule has 1 aromatic carbocycles. The highest BCUT2D eigenvalue weighted by atomic mass is 32.2. The first-order valence-electron chi connectivity index (χ1n) is 8.44. The molecule has 0 bridgehead atoms. The van der Waals surface area contributed by atoms with Crippen LogP contribution >= 0.6 is 0 Å². The van der Waals surface area contributed by atoms with E-state index in [0.717, 1.165) is 18.2 Å². The molecule has 0 spiro atoms. The average molecular weight is 385 g/mol. The number of carbonyl (C=O) groups excluding carboxylic acids is 2. The minimum absolute atomic E-state index is 0.0246. The van der Waals surface area contributed by atoms with Gasteiger partial charge in [-0.3, -0.25) is 4.79 Å². The molecule has 26 heavy (non-hydrogen) atoms. The number of nitrogens with two attached hydrogens (primary N) is 1. The third kappa shape index (κ3) is 10.00. The zero-order valence-corrected chi connectivity index (χ0v) is 15.9. The van der Waals surface area contributed by atoms with Crippen LogP contribution in [0.1, 0.15) is 31.7 Å². The second-order valence-corrected chi connectivity index (χ2v) is 7.78. The maximum Gasteiger partial charge on any atom is 0.422 e. The van der Waals surface area contributed by atoms with Gasteiger partial charge in [-0.25, -0.2) is 4.79 Å². The van der Waals surface area contributed by atoms with Crippen LogP contribution in [0.5, 0.6) is 0 Å². The van der Waals surface area contributed by atoms with Crippen LogP contribution in [0.15, 0.2) is 30.3 Å². The summed E-state index contributed by atoms with van der Waals surface area (Å²) in [5.41, 5.74) is 7.02. The Morgan fingerprint density at radius 2 is 1.85 bits per heavy atom. The number of unbranched alkanes of at least 4 members (excludes halogenated alkanes) is 1. The first-order chi connectivity index (χ1) is 12.2. The minimum Gasteiger partial charge on any atom is -0.352 e. The Balaban J connectivity index is 2.19.